The van der Waals surface area contributed by atoms with E-state index in [1.54, 1.807) is 0 Å². The van der Waals surface area contributed by atoms with Crippen LogP contribution in [0.15, 0.2) is 11.3 Å². The Balaban J connectivity index is 2.55. The molecule has 0 aliphatic carbocycles. The van der Waals surface area contributed by atoms with E-state index in [2.05, 4.69) is 5.32 Å². The quantitative estimate of drug-likeness (QED) is 0.770. The van der Waals surface area contributed by atoms with Crippen LogP contribution in [0.5, 0.6) is 0 Å². The highest BCUT2D eigenvalue weighted by Crippen LogP contribution is 2.19. The summed E-state index contributed by atoms with van der Waals surface area (Å²) in [6.07, 6.45) is 2.91. The average molecular weight is 241 g/mol. The first-order valence-corrected chi connectivity index (χ1v) is 6.35. The van der Waals surface area contributed by atoms with E-state index in [0.29, 0.717) is 37.3 Å². The van der Waals surface area contributed by atoms with Gasteiger partial charge in [0.15, 0.2) is 0 Å². The predicted octanol–water partition coefficient (Wildman–Crippen LogP) is 1.74. The van der Waals surface area contributed by atoms with Crippen molar-refractivity contribution in [1.82, 2.24) is 5.32 Å². The third-order valence-electron chi connectivity index (χ3n) is 3.48. The monoisotopic (exact) mass is 241 g/mol. The van der Waals surface area contributed by atoms with Crippen molar-refractivity contribution in [2.24, 2.45) is 0 Å². The average Bonchev–Trinajstić information content (AvgIpc) is 2.36. The molecule has 0 saturated heterocycles. The molecular weight excluding hydrogens is 218 g/mol. The highest BCUT2D eigenvalue weighted by molar-refractivity contribution is 5.93. The van der Waals surface area contributed by atoms with E-state index in [1.165, 1.54) is 0 Å². The number of carbonyl (C=O) groups is 1. The van der Waals surface area contributed by atoms with Gasteiger partial charge in [0.05, 0.1) is 17.8 Å². The Morgan fingerprint density at radius 1 is 1.47 bits per heavy atom. The Kier molecular flexibility index (Phi) is 5.00. The van der Waals surface area contributed by atoms with Gasteiger partial charge < -0.3 is 15.2 Å². The summed E-state index contributed by atoms with van der Waals surface area (Å²) >= 11 is 0. The zero-order valence-corrected chi connectivity index (χ0v) is 11.0. The molecule has 0 spiro atoms. The zero-order valence-electron chi connectivity index (χ0n) is 11.0. The first kappa shape index (κ1) is 14.0. The van der Waals surface area contributed by atoms with E-state index in [1.807, 2.05) is 20.8 Å². The molecule has 0 atom stereocenters. The van der Waals surface area contributed by atoms with E-state index in [9.17, 15) is 9.90 Å². The summed E-state index contributed by atoms with van der Waals surface area (Å²) in [6.45, 7) is 6.65. The van der Waals surface area contributed by atoms with Gasteiger partial charge >= 0.3 is 0 Å². The van der Waals surface area contributed by atoms with E-state index in [0.717, 1.165) is 12.8 Å². The van der Waals surface area contributed by atoms with Crippen LogP contribution in [0.25, 0.3) is 0 Å². The molecule has 1 aliphatic rings. The smallest absolute Gasteiger partial charge is 0.250 e. The standard InChI is InChI=1S/C13H23NO3/c1-4-13(16,5-2)9-14-12(15)11-7-6-8-17-10(11)3/h16H,4-9H2,1-3H3,(H,14,15). The first-order chi connectivity index (χ1) is 8.02. The Morgan fingerprint density at radius 3 is 2.65 bits per heavy atom. The molecule has 1 aliphatic heterocycles. The number of allylic oxidation sites excluding steroid dienone is 1. The van der Waals surface area contributed by atoms with Crippen LogP contribution in [0.1, 0.15) is 46.5 Å². The maximum atomic E-state index is 11.9. The topological polar surface area (TPSA) is 58.6 Å². The molecule has 1 amide bonds. The van der Waals surface area contributed by atoms with Gasteiger partial charge in [-0.3, -0.25) is 4.79 Å². The largest absolute Gasteiger partial charge is 0.498 e. The molecule has 17 heavy (non-hydrogen) atoms. The van der Waals surface area contributed by atoms with Gasteiger partial charge in [-0.15, -0.1) is 0 Å². The third kappa shape index (κ3) is 3.73. The second-order valence-corrected chi connectivity index (χ2v) is 4.60. The first-order valence-electron chi connectivity index (χ1n) is 6.35. The van der Waals surface area contributed by atoms with Gasteiger partial charge in [0, 0.05) is 6.54 Å². The molecule has 1 rings (SSSR count). The van der Waals surface area contributed by atoms with Crippen molar-refractivity contribution in [2.75, 3.05) is 13.2 Å². The summed E-state index contributed by atoms with van der Waals surface area (Å²) in [6, 6.07) is 0. The minimum absolute atomic E-state index is 0.109. The zero-order chi connectivity index (χ0) is 12.9. The van der Waals surface area contributed by atoms with Crippen molar-refractivity contribution in [1.29, 1.82) is 0 Å². The van der Waals surface area contributed by atoms with Gasteiger partial charge in [-0.25, -0.2) is 0 Å². The molecule has 98 valence electrons. The lowest BCUT2D eigenvalue weighted by molar-refractivity contribution is -0.119. The molecule has 0 unspecified atom stereocenters. The Hall–Kier alpha value is -1.03. The van der Waals surface area contributed by atoms with Gasteiger partial charge in [-0.1, -0.05) is 13.8 Å². The lowest BCUT2D eigenvalue weighted by Gasteiger charge is -2.26. The molecule has 0 aromatic heterocycles. The fourth-order valence-electron chi connectivity index (χ4n) is 1.86. The van der Waals surface area contributed by atoms with Gasteiger partial charge in [0.1, 0.15) is 5.76 Å². The maximum absolute atomic E-state index is 11.9. The van der Waals surface area contributed by atoms with Crippen molar-refractivity contribution >= 4 is 5.91 Å². The van der Waals surface area contributed by atoms with Gasteiger partial charge in [-0.05, 0) is 32.6 Å². The van der Waals surface area contributed by atoms with Gasteiger partial charge in [-0.2, -0.15) is 0 Å². The van der Waals surface area contributed by atoms with E-state index in [4.69, 9.17) is 4.74 Å². The maximum Gasteiger partial charge on any atom is 0.250 e. The van der Waals surface area contributed by atoms with Gasteiger partial charge in [0.2, 0.25) is 0 Å². The number of ether oxygens (including phenoxy) is 1. The molecule has 0 fully saturated rings. The number of aliphatic hydroxyl groups is 1. The normalized spacial score (nSPS) is 16.7. The Morgan fingerprint density at radius 2 is 2.12 bits per heavy atom. The minimum Gasteiger partial charge on any atom is -0.498 e. The summed E-state index contributed by atoms with van der Waals surface area (Å²) in [4.78, 5) is 11.9. The van der Waals surface area contributed by atoms with Crippen LogP contribution in [-0.2, 0) is 9.53 Å². The van der Waals surface area contributed by atoms with Crippen molar-refractivity contribution < 1.29 is 14.6 Å². The van der Waals surface area contributed by atoms with Crippen LogP contribution in [0.3, 0.4) is 0 Å². The molecule has 4 nitrogen and oxygen atoms in total. The second-order valence-electron chi connectivity index (χ2n) is 4.60. The van der Waals surface area contributed by atoms with Crippen LogP contribution in [0.2, 0.25) is 0 Å². The van der Waals surface area contributed by atoms with E-state index < -0.39 is 5.60 Å². The highest BCUT2D eigenvalue weighted by atomic mass is 16.5. The summed E-state index contributed by atoms with van der Waals surface area (Å²) in [5.41, 5.74) is -0.0783. The Labute approximate surface area is 103 Å². The Bertz CT molecular complexity index is 306. The van der Waals surface area contributed by atoms with Crippen LogP contribution in [0, 0.1) is 0 Å². The molecule has 0 saturated carbocycles. The number of rotatable bonds is 5. The SMILES string of the molecule is CCC(O)(CC)CNC(=O)C1=C(C)OCCC1. The van der Waals surface area contributed by atoms with E-state index in [-0.39, 0.29) is 5.91 Å². The molecule has 0 bridgehead atoms. The summed E-state index contributed by atoms with van der Waals surface area (Å²) in [5, 5.41) is 12.9. The fourth-order valence-corrected chi connectivity index (χ4v) is 1.86. The summed E-state index contributed by atoms with van der Waals surface area (Å²) in [7, 11) is 0. The van der Waals surface area contributed by atoms with Crippen LogP contribution in [0.4, 0.5) is 0 Å². The number of carbonyl (C=O) groups excluding carboxylic acids is 1. The lowest BCUT2D eigenvalue weighted by Crippen LogP contribution is -2.42. The van der Waals surface area contributed by atoms with Crippen LogP contribution in [-0.4, -0.2) is 29.8 Å². The number of hydrogen-bond donors (Lipinski definition) is 2. The molecular formula is C13H23NO3. The number of amides is 1. The van der Waals surface area contributed by atoms with E-state index >= 15 is 0 Å². The minimum atomic E-state index is -0.792. The number of nitrogens with one attached hydrogen (secondary N) is 1. The highest BCUT2D eigenvalue weighted by Gasteiger charge is 2.24. The predicted molar refractivity (Wildman–Crippen MR) is 66.4 cm³/mol. The molecule has 0 aromatic carbocycles. The molecule has 0 aromatic rings. The summed E-state index contributed by atoms with van der Waals surface area (Å²) < 4.78 is 5.35. The second kappa shape index (κ2) is 6.05. The molecule has 4 heteroatoms. The number of hydrogen-bond acceptors (Lipinski definition) is 3. The van der Waals surface area contributed by atoms with Crippen molar-refractivity contribution in [3.05, 3.63) is 11.3 Å². The van der Waals surface area contributed by atoms with Crippen LogP contribution >= 0.6 is 0 Å². The van der Waals surface area contributed by atoms with Crippen molar-refractivity contribution in [3.8, 4) is 0 Å². The van der Waals surface area contributed by atoms with Gasteiger partial charge in [0.25, 0.3) is 5.91 Å². The molecule has 2 N–H and O–H groups in total. The van der Waals surface area contributed by atoms with Crippen molar-refractivity contribution in [3.63, 3.8) is 0 Å². The van der Waals surface area contributed by atoms with Crippen LogP contribution < -0.4 is 5.32 Å². The molecule has 1 heterocycles. The lowest BCUT2D eigenvalue weighted by atomic mass is 9.97. The summed E-state index contributed by atoms with van der Waals surface area (Å²) in [5.74, 6) is 0.604. The third-order valence-corrected chi connectivity index (χ3v) is 3.48. The fraction of sp³-hybridized carbons (Fsp3) is 0.769. The van der Waals surface area contributed by atoms with Crippen molar-refractivity contribution in [2.45, 2.75) is 52.1 Å². The molecule has 0 radical (unpaired) electrons.